The van der Waals surface area contributed by atoms with Crippen LogP contribution in [0.5, 0.6) is 5.75 Å². The standard InChI is InChI=1S/C11H13ClF3NO2/c1-18-10-3-2-7(11(13,14)15)4-9(10)16-6-8(17)5-12/h2-4,8,16-17H,5-6H2,1H3. The normalized spacial score (nSPS) is 13.2. The number of aliphatic hydroxyl groups is 1. The van der Waals surface area contributed by atoms with Crippen LogP contribution in [0.4, 0.5) is 18.9 Å². The summed E-state index contributed by atoms with van der Waals surface area (Å²) in [6.45, 7) is 0.0428. The van der Waals surface area contributed by atoms with Gasteiger partial charge in [-0.3, -0.25) is 0 Å². The fourth-order valence-corrected chi connectivity index (χ4v) is 1.41. The molecule has 0 aliphatic rings. The van der Waals surface area contributed by atoms with E-state index < -0.39 is 17.8 Å². The van der Waals surface area contributed by atoms with Crippen LogP contribution in [0.1, 0.15) is 5.56 Å². The maximum atomic E-state index is 12.5. The van der Waals surface area contributed by atoms with Gasteiger partial charge in [0.2, 0.25) is 0 Å². The van der Waals surface area contributed by atoms with Gasteiger partial charge in [0.1, 0.15) is 5.75 Å². The van der Waals surface area contributed by atoms with E-state index in [1.54, 1.807) is 0 Å². The zero-order chi connectivity index (χ0) is 13.8. The summed E-state index contributed by atoms with van der Waals surface area (Å²) in [5, 5.41) is 11.9. The molecule has 2 N–H and O–H groups in total. The average molecular weight is 284 g/mol. The molecule has 0 bridgehead atoms. The topological polar surface area (TPSA) is 41.5 Å². The molecule has 7 heteroatoms. The number of rotatable bonds is 5. The van der Waals surface area contributed by atoms with E-state index in [1.165, 1.54) is 13.2 Å². The number of halogens is 4. The summed E-state index contributed by atoms with van der Waals surface area (Å²) in [6.07, 6.45) is -5.26. The van der Waals surface area contributed by atoms with Crippen LogP contribution >= 0.6 is 11.6 Å². The molecule has 0 amide bonds. The number of aliphatic hydroxyl groups excluding tert-OH is 1. The molecule has 0 aromatic heterocycles. The van der Waals surface area contributed by atoms with Crippen LogP contribution in [-0.4, -0.2) is 30.7 Å². The summed E-state index contributed by atoms with van der Waals surface area (Å²) in [4.78, 5) is 0. The van der Waals surface area contributed by atoms with Gasteiger partial charge in [-0.05, 0) is 18.2 Å². The van der Waals surface area contributed by atoms with Gasteiger partial charge in [-0.15, -0.1) is 11.6 Å². The first-order valence-electron chi connectivity index (χ1n) is 5.11. The molecule has 0 saturated carbocycles. The van der Waals surface area contributed by atoms with Crippen molar-refractivity contribution in [3.8, 4) is 5.75 Å². The van der Waals surface area contributed by atoms with Crippen molar-refractivity contribution in [2.45, 2.75) is 12.3 Å². The quantitative estimate of drug-likeness (QED) is 0.817. The largest absolute Gasteiger partial charge is 0.495 e. The van der Waals surface area contributed by atoms with Crippen molar-refractivity contribution in [3.05, 3.63) is 23.8 Å². The molecule has 3 nitrogen and oxygen atoms in total. The number of hydrogen-bond donors (Lipinski definition) is 2. The van der Waals surface area contributed by atoms with Gasteiger partial charge >= 0.3 is 6.18 Å². The molecule has 0 aliphatic carbocycles. The Morgan fingerprint density at radius 1 is 1.44 bits per heavy atom. The van der Waals surface area contributed by atoms with Gasteiger partial charge in [-0.2, -0.15) is 13.2 Å². The van der Waals surface area contributed by atoms with Gasteiger partial charge in [0.15, 0.2) is 0 Å². The molecule has 1 aromatic carbocycles. The third-order valence-electron chi connectivity index (χ3n) is 2.23. The molecule has 102 valence electrons. The summed E-state index contributed by atoms with van der Waals surface area (Å²) in [5.41, 5.74) is -0.623. The second-order valence-corrected chi connectivity index (χ2v) is 3.91. The van der Waals surface area contributed by atoms with E-state index in [2.05, 4.69) is 5.32 Å². The highest BCUT2D eigenvalue weighted by molar-refractivity contribution is 6.18. The Balaban J connectivity index is 2.92. The summed E-state index contributed by atoms with van der Waals surface area (Å²) in [6, 6.07) is 3.08. The lowest BCUT2D eigenvalue weighted by Gasteiger charge is -2.15. The Morgan fingerprint density at radius 2 is 2.11 bits per heavy atom. The molecule has 1 unspecified atom stereocenters. The monoisotopic (exact) mass is 283 g/mol. The van der Waals surface area contributed by atoms with E-state index in [1.807, 2.05) is 0 Å². The molecule has 0 spiro atoms. The van der Waals surface area contributed by atoms with E-state index in [0.29, 0.717) is 0 Å². The molecule has 0 heterocycles. The number of anilines is 1. The van der Waals surface area contributed by atoms with Gasteiger partial charge in [0.25, 0.3) is 0 Å². The Morgan fingerprint density at radius 3 is 2.61 bits per heavy atom. The van der Waals surface area contributed by atoms with E-state index in [9.17, 15) is 18.3 Å². The number of hydrogen-bond acceptors (Lipinski definition) is 3. The van der Waals surface area contributed by atoms with Crippen molar-refractivity contribution in [2.75, 3.05) is 24.9 Å². The van der Waals surface area contributed by atoms with Gasteiger partial charge < -0.3 is 15.2 Å². The average Bonchev–Trinajstić information content (AvgIpc) is 2.34. The van der Waals surface area contributed by atoms with Crippen molar-refractivity contribution >= 4 is 17.3 Å². The van der Waals surface area contributed by atoms with Crippen LogP contribution in [-0.2, 0) is 6.18 Å². The lowest BCUT2D eigenvalue weighted by atomic mass is 10.1. The lowest BCUT2D eigenvalue weighted by molar-refractivity contribution is -0.137. The van der Waals surface area contributed by atoms with Gasteiger partial charge in [-0.1, -0.05) is 0 Å². The van der Waals surface area contributed by atoms with Gasteiger partial charge in [0, 0.05) is 6.54 Å². The first-order chi connectivity index (χ1) is 8.38. The number of alkyl halides is 4. The second-order valence-electron chi connectivity index (χ2n) is 3.60. The van der Waals surface area contributed by atoms with Crippen molar-refractivity contribution in [2.24, 2.45) is 0 Å². The molecule has 0 fully saturated rings. The fraction of sp³-hybridized carbons (Fsp3) is 0.455. The smallest absolute Gasteiger partial charge is 0.416 e. The molecule has 1 atom stereocenters. The molecular formula is C11H13ClF3NO2. The Bertz CT molecular complexity index is 398. The van der Waals surface area contributed by atoms with Crippen LogP contribution in [0.25, 0.3) is 0 Å². The van der Waals surface area contributed by atoms with Gasteiger partial charge in [0.05, 0.1) is 30.3 Å². The van der Waals surface area contributed by atoms with Crippen molar-refractivity contribution in [3.63, 3.8) is 0 Å². The van der Waals surface area contributed by atoms with E-state index >= 15 is 0 Å². The number of benzene rings is 1. The summed E-state index contributed by atoms with van der Waals surface area (Å²) in [7, 11) is 1.35. The summed E-state index contributed by atoms with van der Waals surface area (Å²) >= 11 is 5.39. The lowest BCUT2D eigenvalue weighted by Crippen LogP contribution is -2.21. The number of nitrogens with one attached hydrogen (secondary N) is 1. The number of ether oxygens (including phenoxy) is 1. The highest BCUT2D eigenvalue weighted by atomic mass is 35.5. The molecule has 0 radical (unpaired) electrons. The maximum absolute atomic E-state index is 12.5. The first kappa shape index (κ1) is 14.9. The first-order valence-corrected chi connectivity index (χ1v) is 5.65. The zero-order valence-electron chi connectivity index (χ0n) is 9.59. The fourth-order valence-electron chi connectivity index (χ4n) is 1.30. The third-order valence-corrected chi connectivity index (χ3v) is 2.59. The van der Waals surface area contributed by atoms with E-state index in [-0.39, 0.29) is 23.9 Å². The Labute approximate surface area is 108 Å². The highest BCUT2D eigenvalue weighted by Gasteiger charge is 2.31. The van der Waals surface area contributed by atoms with Crippen LogP contribution in [0, 0.1) is 0 Å². The molecule has 1 rings (SSSR count). The second kappa shape index (κ2) is 6.15. The van der Waals surface area contributed by atoms with Crippen molar-refractivity contribution in [1.82, 2.24) is 0 Å². The zero-order valence-corrected chi connectivity index (χ0v) is 10.3. The predicted molar refractivity (Wildman–Crippen MR) is 63.2 cm³/mol. The van der Waals surface area contributed by atoms with E-state index in [4.69, 9.17) is 16.3 Å². The molecule has 18 heavy (non-hydrogen) atoms. The SMILES string of the molecule is COc1ccc(C(F)(F)F)cc1NCC(O)CCl. The van der Waals surface area contributed by atoms with Crippen LogP contribution in [0.15, 0.2) is 18.2 Å². The summed E-state index contributed by atoms with van der Waals surface area (Å²) in [5.74, 6) is 0.263. The molecule has 0 saturated heterocycles. The minimum Gasteiger partial charge on any atom is -0.495 e. The maximum Gasteiger partial charge on any atom is 0.416 e. The highest BCUT2D eigenvalue weighted by Crippen LogP contribution is 2.34. The number of methoxy groups -OCH3 is 1. The van der Waals surface area contributed by atoms with E-state index in [0.717, 1.165) is 12.1 Å². The minimum absolute atomic E-state index is 0.00568. The predicted octanol–water partition coefficient (Wildman–Crippen LogP) is 2.73. The van der Waals surface area contributed by atoms with Crippen LogP contribution < -0.4 is 10.1 Å². The minimum atomic E-state index is -4.42. The van der Waals surface area contributed by atoms with Crippen LogP contribution in [0.2, 0.25) is 0 Å². The van der Waals surface area contributed by atoms with Gasteiger partial charge in [-0.25, -0.2) is 0 Å². The van der Waals surface area contributed by atoms with Crippen molar-refractivity contribution < 1.29 is 23.0 Å². The summed E-state index contributed by atoms with van der Waals surface area (Å²) < 4.78 is 42.5. The Hall–Kier alpha value is -1.14. The third kappa shape index (κ3) is 3.96. The van der Waals surface area contributed by atoms with Crippen LogP contribution in [0.3, 0.4) is 0 Å². The molecule has 0 aliphatic heterocycles. The Kier molecular flexibility index (Phi) is 5.10. The molecular weight excluding hydrogens is 271 g/mol. The van der Waals surface area contributed by atoms with Crippen molar-refractivity contribution in [1.29, 1.82) is 0 Å². The molecule has 1 aromatic rings.